The number of rotatable bonds is 8. The molecule has 3 heterocycles. The molecule has 3 aliphatic heterocycles. The van der Waals surface area contributed by atoms with Crippen molar-refractivity contribution in [2.75, 3.05) is 39.3 Å². The van der Waals surface area contributed by atoms with Crippen LogP contribution < -0.4 is 4.74 Å². The number of carboxylic acid groups (broad SMARTS) is 1. The Labute approximate surface area is 192 Å². The zero-order valence-electron chi connectivity index (χ0n) is 19.5. The molecule has 1 aromatic rings. The molecule has 32 heavy (non-hydrogen) atoms. The lowest BCUT2D eigenvalue weighted by Crippen LogP contribution is -2.58. The normalized spacial score (nSPS) is 23.9. The molecule has 4 rings (SSSR count). The van der Waals surface area contributed by atoms with Crippen LogP contribution in [0.5, 0.6) is 5.75 Å². The van der Waals surface area contributed by atoms with Crippen molar-refractivity contribution in [1.29, 1.82) is 0 Å². The van der Waals surface area contributed by atoms with Gasteiger partial charge >= 0.3 is 0 Å². The van der Waals surface area contributed by atoms with E-state index in [1.54, 1.807) is 0 Å². The van der Waals surface area contributed by atoms with E-state index in [1.165, 1.54) is 50.9 Å². The Morgan fingerprint density at radius 2 is 1.78 bits per heavy atom. The van der Waals surface area contributed by atoms with Crippen molar-refractivity contribution in [3.63, 3.8) is 0 Å². The number of carbonyl (C=O) groups is 2. The van der Waals surface area contributed by atoms with Crippen molar-refractivity contribution in [3.05, 3.63) is 29.8 Å². The Kier molecular flexibility index (Phi) is 9.81. The zero-order chi connectivity index (χ0) is 22.8. The maximum Gasteiger partial charge on any atom is 0.290 e. The van der Waals surface area contributed by atoms with Crippen LogP contribution in [0.2, 0.25) is 0 Å². The van der Waals surface area contributed by atoms with Gasteiger partial charge in [-0.25, -0.2) is 0 Å². The molecule has 178 valence electrons. The van der Waals surface area contributed by atoms with Crippen molar-refractivity contribution in [2.45, 2.75) is 70.5 Å². The molecule has 2 atom stereocenters. The average Bonchev–Trinajstić information content (AvgIpc) is 3.28. The van der Waals surface area contributed by atoms with E-state index in [-0.39, 0.29) is 12.5 Å². The van der Waals surface area contributed by atoms with E-state index in [1.807, 2.05) is 0 Å². The Morgan fingerprint density at radius 1 is 1.06 bits per heavy atom. The topological polar surface area (TPSA) is 73.3 Å². The standard InChI is InChI=1S/C24H37N3O2.CH2O2/c1-20-24(28)27-16-7-8-22(27)19-26(20)18-21-9-11-23(12-10-21)29-17-6-5-15-25-13-3-2-4-14-25;2-1-3/h9-12,20,22H,2-8,13-19H2,1H3;1H,(H,2,3)/t20-,22-;/m1./s1. The van der Waals surface area contributed by atoms with Crippen molar-refractivity contribution >= 4 is 12.4 Å². The van der Waals surface area contributed by atoms with E-state index in [2.05, 4.69) is 45.9 Å². The van der Waals surface area contributed by atoms with Gasteiger partial charge in [-0.1, -0.05) is 18.6 Å². The minimum Gasteiger partial charge on any atom is -0.494 e. The lowest BCUT2D eigenvalue weighted by atomic mass is 10.1. The molecule has 0 bridgehead atoms. The highest BCUT2D eigenvalue weighted by Gasteiger charge is 2.39. The van der Waals surface area contributed by atoms with E-state index < -0.39 is 0 Å². The van der Waals surface area contributed by atoms with Crippen molar-refractivity contribution in [3.8, 4) is 5.75 Å². The van der Waals surface area contributed by atoms with Crippen LogP contribution in [0, 0.1) is 0 Å². The first-order valence-electron chi connectivity index (χ1n) is 12.2. The maximum atomic E-state index is 12.6. The van der Waals surface area contributed by atoms with E-state index in [0.717, 1.165) is 51.3 Å². The number of likely N-dealkylation sites (tertiary alicyclic amines) is 1. The number of nitrogens with zero attached hydrogens (tertiary/aromatic N) is 3. The monoisotopic (exact) mass is 445 g/mol. The van der Waals surface area contributed by atoms with Gasteiger partial charge in [-0.3, -0.25) is 14.5 Å². The second kappa shape index (κ2) is 12.8. The molecular formula is C25H39N3O4. The Bertz CT molecular complexity index is 706. The summed E-state index contributed by atoms with van der Waals surface area (Å²) in [4.78, 5) is 28.0. The number of ether oxygens (including phenoxy) is 1. The second-order valence-electron chi connectivity index (χ2n) is 9.14. The van der Waals surface area contributed by atoms with Crippen LogP contribution >= 0.6 is 0 Å². The predicted molar refractivity (Wildman–Crippen MR) is 125 cm³/mol. The third-order valence-corrected chi connectivity index (χ3v) is 6.91. The summed E-state index contributed by atoms with van der Waals surface area (Å²) in [5, 5.41) is 6.89. The molecule has 3 saturated heterocycles. The molecule has 0 aliphatic carbocycles. The summed E-state index contributed by atoms with van der Waals surface area (Å²) in [6.45, 7) is 9.17. The minimum absolute atomic E-state index is 0.0137. The number of hydrogen-bond donors (Lipinski definition) is 1. The highest BCUT2D eigenvalue weighted by Crippen LogP contribution is 2.27. The minimum atomic E-state index is -0.250. The predicted octanol–water partition coefficient (Wildman–Crippen LogP) is 3.23. The fourth-order valence-corrected chi connectivity index (χ4v) is 5.08. The summed E-state index contributed by atoms with van der Waals surface area (Å²) in [5.74, 6) is 1.26. The first-order valence-corrected chi connectivity index (χ1v) is 12.2. The van der Waals surface area contributed by atoms with Gasteiger partial charge in [0, 0.05) is 25.7 Å². The van der Waals surface area contributed by atoms with Crippen LogP contribution in [-0.2, 0) is 16.1 Å². The lowest BCUT2D eigenvalue weighted by Gasteiger charge is -2.41. The molecule has 1 amide bonds. The van der Waals surface area contributed by atoms with Gasteiger partial charge in [0.2, 0.25) is 5.91 Å². The summed E-state index contributed by atoms with van der Waals surface area (Å²) in [7, 11) is 0. The van der Waals surface area contributed by atoms with Gasteiger partial charge in [-0.2, -0.15) is 0 Å². The Hall–Kier alpha value is -2.12. The molecule has 0 spiro atoms. The molecule has 7 heteroatoms. The number of unbranched alkanes of at least 4 members (excludes halogenated alkanes) is 1. The highest BCUT2D eigenvalue weighted by molar-refractivity contribution is 5.83. The number of benzene rings is 1. The summed E-state index contributed by atoms with van der Waals surface area (Å²) >= 11 is 0. The summed E-state index contributed by atoms with van der Waals surface area (Å²) in [6, 6.07) is 8.88. The summed E-state index contributed by atoms with van der Waals surface area (Å²) < 4.78 is 5.94. The van der Waals surface area contributed by atoms with Gasteiger partial charge in [0.05, 0.1) is 12.6 Å². The van der Waals surface area contributed by atoms with Gasteiger partial charge < -0.3 is 19.6 Å². The number of carbonyl (C=O) groups excluding carboxylic acids is 1. The number of hydrogen-bond acceptors (Lipinski definition) is 5. The van der Waals surface area contributed by atoms with Crippen LogP contribution in [0.25, 0.3) is 0 Å². The molecule has 3 fully saturated rings. The number of piperidine rings is 1. The lowest BCUT2D eigenvalue weighted by molar-refractivity contribution is -0.143. The number of amides is 1. The smallest absolute Gasteiger partial charge is 0.290 e. The van der Waals surface area contributed by atoms with E-state index in [9.17, 15) is 4.79 Å². The number of fused-ring (bicyclic) bond motifs is 1. The van der Waals surface area contributed by atoms with E-state index in [0.29, 0.717) is 11.9 Å². The molecule has 1 N–H and O–H groups in total. The molecule has 0 radical (unpaired) electrons. The van der Waals surface area contributed by atoms with Crippen LogP contribution in [0.1, 0.15) is 57.4 Å². The zero-order valence-corrected chi connectivity index (χ0v) is 19.5. The molecule has 0 aromatic heterocycles. The first kappa shape index (κ1) is 24.5. The number of piperazine rings is 1. The molecule has 7 nitrogen and oxygen atoms in total. The SMILES string of the molecule is C[C@@H]1C(=O)N2CCC[C@@H]2CN1Cc1ccc(OCCCCN2CCCCC2)cc1.O=CO. The molecule has 1 aromatic carbocycles. The largest absolute Gasteiger partial charge is 0.494 e. The molecule has 0 unspecified atom stereocenters. The molecule has 0 saturated carbocycles. The van der Waals surface area contributed by atoms with Crippen LogP contribution in [0.4, 0.5) is 0 Å². The first-order chi connectivity index (χ1) is 15.6. The van der Waals surface area contributed by atoms with Crippen LogP contribution in [-0.4, -0.2) is 83.6 Å². The van der Waals surface area contributed by atoms with E-state index in [4.69, 9.17) is 14.6 Å². The van der Waals surface area contributed by atoms with Gasteiger partial charge in [0.1, 0.15) is 5.75 Å². The fourth-order valence-electron chi connectivity index (χ4n) is 5.08. The summed E-state index contributed by atoms with van der Waals surface area (Å²) in [5.41, 5.74) is 1.26. The molecular weight excluding hydrogens is 406 g/mol. The third-order valence-electron chi connectivity index (χ3n) is 6.91. The highest BCUT2D eigenvalue weighted by atomic mass is 16.5. The van der Waals surface area contributed by atoms with Gasteiger partial charge in [0.15, 0.2) is 0 Å². The maximum absolute atomic E-state index is 12.6. The fraction of sp³-hybridized carbons (Fsp3) is 0.680. The Morgan fingerprint density at radius 3 is 2.50 bits per heavy atom. The average molecular weight is 446 g/mol. The van der Waals surface area contributed by atoms with Gasteiger partial charge in [-0.05, 0) is 82.8 Å². The van der Waals surface area contributed by atoms with Crippen molar-refractivity contribution < 1.29 is 19.4 Å². The Balaban J connectivity index is 0.000000913. The second-order valence-corrected chi connectivity index (χ2v) is 9.14. The molecule has 3 aliphatic rings. The quantitative estimate of drug-likeness (QED) is 0.489. The van der Waals surface area contributed by atoms with Gasteiger partial charge in [0.25, 0.3) is 6.47 Å². The van der Waals surface area contributed by atoms with Gasteiger partial charge in [-0.15, -0.1) is 0 Å². The van der Waals surface area contributed by atoms with Crippen molar-refractivity contribution in [2.24, 2.45) is 0 Å². The van der Waals surface area contributed by atoms with Crippen molar-refractivity contribution in [1.82, 2.24) is 14.7 Å². The third kappa shape index (κ3) is 6.94. The summed E-state index contributed by atoms with van der Waals surface area (Å²) in [6.07, 6.45) is 8.78. The van der Waals surface area contributed by atoms with E-state index >= 15 is 0 Å². The van der Waals surface area contributed by atoms with Crippen LogP contribution in [0.15, 0.2) is 24.3 Å². The van der Waals surface area contributed by atoms with Crippen LogP contribution in [0.3, 0.4) is 0 Å².